The predicted molar refractivity (Wildman–Crippen MR) is 316 cm³/mol. The van der Waals surface area contributed by atoms with E-state index in [4.69, 9.17) is 80.6 Å². The number of aromatic amines is 4. The molecule has 8 aromatic heterocycles. The van der Waals surface area contributed by atoms with Gasteiger partial charge in [-0.2, -0.15) is 19.9 Å². The molecule has 464 valence electrons. The molecule has 12 heterocycles. The van der Waals surface area contributed by atoms with Gasteiger partial charge in [0.25, 0.3) is 22.2 Å². The molecule has 12 atom stereocenters. The van der Waals surface area contributed by atoms with Gasteiger partial charge in [-0.25, -0.2) is 19.9 Å². The maximum atomic E-state index is 12.2. The highest BCUT2D eigenvalue weighted by molar-refractivity contribution is 7.44. The van der Waals surface area contributed by atoms with E-state index in [-0.39, 0.29) is 97.2 Å². The van der Waals surface area contributed by atoms with Crippen LogP contribution in [0.1, 0.15) is 58.0 Å². The van der Waals surface area contributed by atoms with Gasteiger partial charge in [0.05, 0.1) is 75.1 Å². The van der Waals surface area contributed by atoms with E-state index in [1.807, 2.05) is 13.1 Å². The van der Waals surface area contributed by atoms with Crippen molar-refractivity contribution in [2.75, 3.05) is 49.2 Å². The molecule has 4 aliphatic rings. The lowest BCUT2D eigenvalue weighted by Gasteiger charge is -2.31. The predicted octanol–water partition coefficient (Wildman–Crippen LogP) is -2.99. The van der Waals surface area contributed by atoms with Gasteiger partial charge in [0.2, 0.25) is 30.5 Å². The van der Waals surface area contributed by atoms with Crippen molar-refractivity contribution in [1.82, 2.24) is 88.0 Å². The van der Waals surface area contributed by atoms with E-state index in [1.165, 1.54) is 25.3 Å². The van der Waals surface area contributed by atoms with Crippen LogP contribution >= 0.6 is 22.2 Å². The molecule has 85 heavy (non-hydrogen) atoms. The first-order valence-electron chi connectivity index (χ1n) is 26.2. The molecule has 4 aliphatic heterocycles. The zero-order chi connectivity index (χ0) is 60.7. The number of hydrogen-bond acceptors (Lipinski definition) is 28. The Morgan fingerprint density at radius 2 is 0.882 bits per heavy atom. The average molecular weight is 1270 g/mol. The van der Waals surface area contributed by atoms with Crippen LogP contribution in [0.3, 0.4) is 0 Å². The van der Waals surface area contributed by atoms with Crippen LogP contribution in [-0.4, -0.2) is 189 Å². The maximum absolute atomic E-state index is 12.2. The van der Waals surface area contributed by atoms with Crippen LogP contribution in [0.4, 0.5) is 23.8 Å². The van der Waals surface area contributed by atoms with E-state index in [0.717, 1.165) is 0 Å². The number of rotatable bonds is 12. The van der Waals surface area contributed by atoms with Gasteiger partial charge < -0.3 is 83.7 Å². The van der Waals surface area contributed by atoms with Crippen molar-refractivity contribution in [2.45, 2.75) is 133 Å². The van der Waals surface area contributed by atoms with Gasteiger partial charge in [-0.1, -0.05) is 7.43 Å². The number of imidazole rings is 4. The number of H-pyrrole nitrogens is 4. The van der Waals surface area contributed by atoms with E-state index in [0.29, 0.717) is 42.7 Å². The third-order valence-corrected chi connectivity index (χ3v) is 16.0. The van der Waals surface area contributed by atoms with Crippen LogP contribution in [0.2, 0.25) is 26.2 Å². The third-order valence-electron chi connectivity index (χ3n) is 13.9. The second-order valence-electron chi connectivity index (χ2n) is 21.0. The summed E-state index contributed by atoms with van der Waals surface area (Å²) >= 11 is 10.9. The summed E-state index contributed by atoms with van der Waals surface area (Å²) in [6.45, 7) is 6.38. The van der Waals surface area contributed by atoms with Gasteiger partial charge in [-0.15, -0.1) is 22.2 Å². The number of nitrogens with two attached hydrogens (primary N) is 6. The van der Waals surface area contributed by atoms with Gasteiger partial charge >= 0.3 is 0 Å². The Balaban J connectivity index is 0.000000177. The number of nitrogen functional groups attached to an aromatic ring is 4. The minimum Gasteiger partial charge on any atom is -0.394 e. The number of aliphatic hydroxyl groups excluding tert-OH is 4. The molecule has 12 rings (SSSR count). The second kappa shape index (κ2) is 26.0. The molecular formula is C45H70Cl2N24O12Si2. The molecule has 0 unspecified atom stereocenters. The number of halogens is 2. The van der Waals surface area contributed by atoms with Crippen molar-refractivity contribution in [1.29, 1.82) is 0 Å². The third kappa shape index (κ3) is 14.4. The first-order chi connectivity index (χ1) is 39.7. The van der Waals surface area contributed by atoms with Crippen LogP contribution in [0.5, 0.6) is 0 Å². The van der Waals surface area contributed by atoms with Crippen molar-refractivity contribution in [2.24, 2.45) is 11.5 Å². The monoisotopic (exact) mass is 1260 g/mol. The van der Waals surface area contributed by atoms with Crippen molar-refractivity contribution < 1.29 is 39.4 Å². The number of nitrogens with zero attached hydrogens (tertiary/aromatic N) is 12. The summed E-state index contributed by atoms with van der Waals surface area (Å²) in [7, 11) is -2.35. The topological polar surface area (TPSA) is 552 Å². The highest BCUT2D eigenvalue weighted by Crippen LogP contribution is 2.34. The summed E-state index contributed by atoms with van der Waals surface area (Å²) in [5.74, 6) is -0.0370. The van der Waals surface area contributed by atoms with Crippen molar-refractivity contribution in [3.8, 4) is 0 Å². The highest BCUT2D eigenvalue weighted by Gasteiger charge is 2.42. The van der Waals surface area contributed by atoms with E-state index >= 15 is 0 Å². The summed E-state index contributed by atoms with van der Waals surface area (Å²) in [6, 6.07) is -0.489. The molecule has 0 saturated carbocycles. The summed E-state index contributed by atoms with van der Waals surface area (Å²) in [6.07, 6.45) is 2.20. The fraction of sp³-hybridized carbons (Fsp3) is 0.556. The molecule has 0 amide bonds. The van der Waals surface area contributed by atoms with Gasteiger partial charge in [0, 0.05) is 50.9 Å². The minimum absolute atomic E-state index is 0. The number of ether oxygens (including phenoxy) is 4. The van der Waals surface area contributed by atoms with Gasteiger partial charge in [0.15, 0.2) is 53.1 Å². The summed E-state index contributed by atoms with van der Waals surface area (Å²) in [5, 5.41) is 39.7. The maximum Gasteiger partial charge on any atom is 0.280 e. The number of hydrogen-bond donors (Lipinski definition) is 16. The number of aliphatic hydroxyl groups is 4. The largest absolute Gasteiger partial charge is 0.394 e. The van der Waals surface area contributed by atoms with Gasteiger partial charge in [-0.05, 0) is 26.2 Å². The number of aromatic nitrogens is 16. The van der Waals surface area contributed by atoms with E-state index in [1.54, 1.807) is 18.3 Å². The number of fused-ring (bicyclic) bond motifs is 4. The number of anilines is 4. The Morgan fingerprint density at radius 3 is 1.22 bits per heavy atom. The van der Waals surface area contributed by atoms with Crippen LogP contribution in [0.25, 0.3) is 44.7 Å². The average Bonchev–Trinajstić information content (AvgIpc) is 1.91. The van der Waals surface area contributed by atoms with Crippen molar-refractivity contribution >= 4 is 106 Å². The molecule has 8 aromatic rings. The van der Waals surface area contributed by atoms with E-state index in [2.05, 4.69) is 82.9 Å². The van der Waals surface area contributed by atoms with Crippen molar-refractivity contribution in [3.63, 3.8) is 0 Å². The molecule has 0 aromatic carbocycles. The Hall–Kier alpha value is -6.87. The van der Waals surface area contributed by atoms with E-state index in [9.17, 15) is 34.5 Å². The summed E-state index contributed by atoms with van der Waals surface area (Å²) in [5.41, 5.74) is 34.1. The Bertz CT molecular complexity index is 3750. The van der Waals surface area contributed by atoms with Crippen LogP contribution in [-0.2, 0) is 18.9 Å². The fourth-order valence-electron chi connectivity index (χ4n) is 9.98. The minimum atomic E-state index is -2.35. The normalized spacial score (nSPS) is 25.8. The van der Waals surface area contributed by atoms with E-state index < -0.39 is 98.9 Å². The first-order valence-corrected chi connectivity index (χ1v) is 34.2. The SMILES string of the molecule is C.C[Si](C)(Cl)Cl.C[Si](C)(NC[C@H]1O[C@@H](n2cnc3c(=O)[nH]c(N)nc32)C[C@@H]1O)N[C@H]1C[C@H](n2cnc3c(=O)[nH]c(N)nc32)O[C@@H]1CO.NC[C@H]1O[C@@H](n2cnc3c(=O)[nH]c(N)nc32)C[C@@H]1O.Nc1nc2c(ncn2[C@H]2C[C@H](N)[C@@H](CO)O2)c(=O)[nH]1. The molecule has 40 heteroatoms. The molecule has 0 bridgehead atoms. The zero-order valence-corrected chi connectivity index (χ0v) is 49.0. The van der Waals surface area contributed by atoms with Crippen molar-refractivity contribution in [3.05, 3.63) is 66.7 Å². The fourth-order valence-corrected chi connectivity index (χ4v) is 12.0. The van der Waals surface area contributed by atoms with Crippen LogP contribution < -0.4 is 66.6 Å². The smallest absolute Gasteiger partial charge is 0.280 e. The van der Waals surface area contributed by atoms with Crippen LogP contribution in [0.15, 0.2) is 44.5 Å². The highest BCUT2D eigenvalue weighted by atomic mass is 35.7. The van der Waals surface area contributed by atoms with Gasteiger partial charge in [0.1, 0.15) is 24.9 Å². The molecule has 0 spiro atoms. The summed E-state index contributed by atoms with van der Waals surface area (Å²) < 4.78 is 29.9. The lowest BCUT2D eigenvalue weighted by Crippen LogP contribution is -2.64. The Labute approximate surface area is 491 Å². The molecule has 4 fully saturated rings. The molecule has 0 radical (unpaired) electrons. The second-order valence-corrected chi connectivity index (χ2v) is 33.8. The summed E-state index contributed by atoms with van der Waals surface area (Å²) in [4.78, 5) is 97.1. The van der Waals surface area contributed by atoms with Crippen LogP contribution in [0, 0.1) is 0 Å². The number of nitrogens with one attached hydrogen (secondary N) is 6. The standard InChI is InChI=1S/C22H32N12O6Si.2C10H14N6O3.C2H6Cl2Si.CH4/c1-41(2,27-5-11-10(36)4-14(39-11)34-8-26-16-18(34)29-22(24)31-20(16)38)32-9-3-13(40-12(9)6-35)33-7-25-15-17(33)28-21(23)30-19(15)37;11-4-1-6(19-5(4)2-17)16-3-13-7-8(16)14-10(12)15-9(7)18;11-2-5-4(17)1-6(19-5)16-3-13-7-8(16)14-10(12)15-9(7)18;1-5(2,3)4;/h7-14,27,32,35-36H,3-6H2,1-2H3,(H3,23,28,30,37)(H3,24,29,31,38);2*3-6,17H,1-2,11H2,(H3,12,14,15,18);1-2H3;1H4/t9-,10-,11+,12+,13+,14+;2*4-,5+,6+;;/m000../s1. The molecule has 4 saturated heterocycles. The lowest BCUT2D eigenvalue weighted by atomic mass is 10.1. The Kier molecular flexibility index (Phi) is 19.6. The van der Waals surface area contributed by atoms with Gasteiger partial charge in [-0.3, -0.25) is 57.4 Å². The molecular weight excluding hydrogens is 1200 g/mol. The molecule has 0 aliphatic carbocycles. The Morgan fingerprint density at radius 1 is 0.565 bits per heavy atom. The quantitative estimate of drug-likeness (QED) is 0.0428. The molecule has 22 N–H and O–H groups in total. The molecule has 36 nitrogen and oxygen atoms in total. The lowest BCUT2D eigenvalue weighted by molar-refractivity contribution is -0.0244. The first kappa shape index (κ1) is 64.1. The zero-order valence-electron chi connectivity index (χ0n) is 45.5.